The zero-order valence-electron chi connectivity index (χ0n) is 16.8. The van der Waals surface area contributed by atoms with Crippen LogP contribution in [0.3, 0.4) is 0 Å². The van der Waals surface area contributed by atoms with E-state index in [0.29, 0.717) is 24.0 Å². The number of halogens is 1. The van der Waals surface area contributed by atoms with E-state index in [1.807, 2.05) is 24.3 Å². The van der Waals surface area contributed by atoms with Gasteiger partial charge in [-0.3, -0.25) is 14.5 Å². The van der Waals surface area contributed by atoms with E-state index in [1.165, 1.54) is 0 Å². The van der Waals surface area contributed by atoms with E-state index >= 15 is 0 Å². The molecule has 0 radical (unpaired) electrons. The molecular formula is C23H26ClN3O3. The molecule has 1 aliphatic carbocycles. The number of carbonyl (C=O) groups excluding carboxylic acids is 2. The summed E-state index contributed by atoms with van der Waals surface area (Å²) in [7, 11) is 0. The minimum absolute atomic E-state index is 0.0362. The average Bonchev–Trinajstić information content (AvgIpc) is 3.10. The summed E-state index contributed by atoms with van der Waals surface area (Å²) in [6.07, 6.45) is 3.15. The van der Waals surface area contributed by atoms with E-state index in [1.54, 1.807) is 12.1 Å². The highest BCUT2D eigenvalue weighted by Crippen LogP contribution is 2.26. The summed E-state index contributed by atoms with van der Waals surface area (Å²) in [5.74, 6) is 0.148. The van der Waals surface area contributed by atoms with Gasteiger partial charge in [-0.25, -0.2) is 0 Å². The third-order valence-corrected chi connectivity index (χ3v) is 6.10. The summed E-state index contributed by atoms with van der Waals surface area (Å²) in [4.78, 5) is 26.3. The Hall–Kier alpha value is -2.41. The number of benzene rings is 2. The van der Waals surface area contributed by atoms with Gasteiger partial charge in [0.25, 0.3) is 0 Å². The zero-order chi connectivity index (χ0) is 21.1. The van der Waals surface area contributed by atoms with Crippen molar-refractivity contribution in [2.45, 2.75) is 38.3 Å². The number of rotatable bonds is 6. The van der Waals surface area contributed by atoms with Crippen molar-refractivity contribution in [1.29, 1.82) is 0 Å². The van der Waals surface area contributed by atoms with Crippen LogP contribution in [0.1, 0.15) is 40.7 Å². The number of likely N-dealkylation sites (tertiary alicyclic amines) is 1. The fraction of sp³-hybridized carbons (Fsp3) is 0.391. The standard InChI is InChI=1S/C23H26ClN3O3/c24-17-2-5-21(16(11-17)14-28)25-18-7-9-27(10-8-18)13-23(30)26-19-3-4-20-15(12-19)1-6-22(20)29/h2-5,11-12,18,25,28H,1,6-10,13-14H2,(H,26,30). The molecule has 1 fully saturated rings. The maximum absolute atomic E-state index is 12.5. The molecule has 1 aliphatic heterocycles. The van der Waals surface area contributed by atoms with Crippen molar-refractivity contribution in [1.82, 2.24) is 4.90 Å². The molecule has 2 aliphatic rings. The van der Waals surface area contributed by atoms with Gasteiger partial charge in [0.2, 0.25) is 5.91 Å². The number of anilines is 2. The lowest BCUT2D eigenvalue weighted by Crippen LogP contribution is -2.42. The highest BCUT2D eigenvalue weighted by atomic mass is 35.5. The number of aliphatic hydroxyl groups is 1. The number of piperidine rings is 1. The van der Waals surface area contributed by atoms with Gasteiger partial charge >= 0.3 is 0 Å². The van der Waals surface area contributed by atoms with E-state index in [-0.39, 0.29) is 18.3 Å². The van der Waals surface area contributed by atoms with Gasteiger partial charge in [-0.15, -0.1) is 0 Å². The maximum Gasteiger partial charge on any atom is 0.238 e. The second-order valence-corrected chi connectivity index (χ2v) is 8.43. The number of Topliss-reactive ketones (excluding diaryl/α,β-unsaturated/α-hetero) is 1. The minimum atomic E-state index is -0.0568. The van der Waals surface area contributed by atoms with Crippen molar-refractivity contribution >= 4 is 34.7 Å². The molecule has 30 heavy (non-hydrogen) atoms. The van der Waals surface area contributed by atoms with E-state index in [2.05, 4.69) is 15.5 Å². The van der Waals surface area contributed by atoms with Gasteiger partial charge in [0.05, 0.1) is 13.2 Å². The van der Waals surface area contributed by atoms with Crippen molar-refractivity contribution in [3.05, 3.63) is 58.1 Å². The number of nitrogens with one attached hydrogen (secondary N) is 2. The zero-order valence-corrected chi connectivity index (χ0v) is 17.5. The topological polar surface area (TPSA) is 81.7 Å². The van der Waals surface area contributed by atoms with Crippen molar-refractivity contribution in [2.75, 3.05) is 30.3 Å². The lowest BCUT2D eigenvalue weighted by atomic mass is 10.0. The van der Waals surface area contributed by atoms with Crippen LogP contribution in [0.25, 0.3) is 0 Å². The molecule has 1 heterocycles. The number of aryl methyl sites for hydroxylation is 1. The van der Waals surface area contributed by atoms with E-state index in [0.717, 1.165) is 60.4 Å². The third-order valence-electron chi connectivity index (χ3n) is 5.86. The van der Waals surface area contributed by atoms with Crippen molar-refractivity contribution in [3.63, 3.8) is 0 Å². The molecule has 1 saturated heterocycles. The van der Waals surface area contributed by atoms with Crippen LogP contribution in [0.4, 0.5) is 11.4 Å². The molecule has 0 aromatic heterocycles. The molecule has 1 amide bonds. The number of ketones is 1. The van der Waals surface area contributed by atoms with Crippen LogP contribution in [0.2, 0.25) is 5.02 Å². The fourth-order valence-electron chi connectivity index (χ4n) is 4.23. The Balaban J connectivity index is 1.26. The Morgan fingerprint density at radius 1 is 1.13 bits per heavy atom. The quantitative estimate of drug-likeness (QED) is 0.657. The van der Waals surface area contributed by atoms with E-state index in [9.17, 15) is 14.7 Å². The van der Waals surface area contributed by atoms with Gasteiger partial charge in [-0.1, -0.05) is 11.6 Å². The van der Waals surface area contributed by atoms with Crippen LogP contribution >= 0.6 is 11.6 Å². The molecule has 2 aromatic rings. The Bertz CT molecular complexity index is 955. The van der Waals surface area contributed by atoms with Gasteiger partial charge in [0, 0.05) is 53.1 Å². The van der Waals surface area contributed by atoms with Crippen LogP contribution in [0.15, 0.2) is 36.4 Å². The molecule has 6 nitrogen and oxygen atoms in total. The Morgan fingerprint density at radius 3 is 2.70 bits per heavy atom. The van der Waals surface area contributed by atoms with Crippen molar-refractivity contribution in [3.8, 4) is 0 Å². The highest BCUT2D eigenvalue weighted by Gasteiger charge is 2.22. The first-order chi connectivity index (χ1) is 14.5. The molecular weight excluding hydrogens is 402 g/mol. The third kappa shape index (κ3) is 4.83. The van der Waals surface area contributed by atoms with Crippen LogP contribution in [-0.2, 0) is 17.8 Å². The lowest BCUT2D eigenvalue weighted by molar-refractivity contribution is -0.117. The fourth-order valence-corrected chi connectivity index (χ4v) is 4.42. The SMILES string of the molecule is O=C(CN1CCC(Nc2ccc(Cl)cc2CO)CC1)Nc1ccc2c(c1)CCC2=O. The smallest absolute Gasteiger partial charge is 0.238 e. The molecule has 0 saturated carbocycles. The molecule has 0 spiro atoms. The number of nitrogens with zero attached hydrogens (tertiary/aromatic N) is 1. The van der Waals surface area contributed by atoms with Crippen molar-refractivity contribution in [2.24, 2.45) is 0 Å². The van der Waals surface area contributed by atoms with Crippen LogP contribution in [0.5, 0.6) is 0 Å². The predicted molar refractivity (Wildman–Crippen MR) is 118 cm³/mol. The molecule has 4 rings (SSSR count). The van der Waals surface area contributed by atoms with Gasteiger partial charge in [0.15, 0.2) is 5.78 Å². The molecule has 7 heteroatoms. The normalized spacial score (nSPS) is 17.1. The Morgan fingerprint density at radius 2 is 1.93 bits per heavy atom. The lowest BCUT2D eigenvalue weighted by Gasteiger charge is -2.32. The largest absolute Gasteiger partial charge is 0.392 e. The summed E-state index contributed by atoms with van der Waals surface area (Å²) in [6.45, 7) is 1.95. The monoisotopic (exact) mass is 427 g/mol. The van der Waals surface area contributed by atoms with Crippen LogP contribution in [-0.4, -0.2) is 47.4 Å². The van der Waals surface area contributed by atoms with Crippen LogP contribution in [0, 0.1) is 0 Å². The summed E-state index contributed by atoms with van der Waals surface area (Å²) >= 11 is 6.00. The number of hydrogen-bond donors (Lipinski definition) is 3. The van der Waals surface area contributed by atoms with E-state index < -0.39 is 0 Å². The molecule has 0 atom stereocenters. The van der Waals surface area contributed by atoms with Gasteiger partial charge in [-0.2, -0.15) is 0 Å². The molecule has 3 N–H and O–H groups in total. The number of carbonyl (C=O) groups is 2. The molecule has 158 valence electrons. The maximum atomic E-state index is 12.5. The van der Waals surface area contributed by atoms with Gasteiger partial charge in [-0.05, 0) is 61.2 Å². The van der Waals surface area contributed by atoms with E-state index in [4.69, 9.17) is 11.6 Å². The average molecular weight is 428 g/mol. The number of fused-ring (bicyclic) bond motifs is 1. The van der Waals surface area contributed by atoms with Gasteiger partial charge in [0.1, 0.15) is 0 Å². The second kappa shape index (κ2) is 9.16. The first kappa shape index (κ1) is 20.8. The minimum Gasteiger partial charge on any atom is -0.392 e. The van der Waals surface area contributed by atoms with Crippen LogP contribution < -0.4 is 10.6 Å². The number of hydrogen-bond acceptors (Lipinski definition) is 5. The van der Waals surface area contributed by atoms with Crippen molar-refractivity contribution < 1.29 is 14.7 Å². The second-order valence-electron chi connectivity index (χ2n) is 8.00. The Labute approximate surface area is 181 Å². The first-order valence-corrected chi connectivity index (χ1v) is 10.7. The Kier molecular flexibility index (Phi) is 6.37. The summed E-state index contributed by atoms with van der Waals surface area (Å²) in [5.41, 5.74) is 4.26. The molecule has 2 aromatic carbocycles. The summed E-state index contributed by atoms with van der Waals surface area (Å²) < 4.78 is 0. The predicted octanol–water partition coefficient (Wildman–Crippen LogP) is 3.48. The first-order valence-electron chi connectivity index (χ1n) is 10.4. The molecule has 0 unspecified atom stereocenters. The summed E-state index contributed by atoms with van der Waals surface area (Å²) in [5, 5.41) is 16.6. The highest BCUT2D eigenvalue weighted by molar-refractivity contribution is 6.30. The van der Waals surface area contributed by atoms with Gasteiger partial charge < -0.3 is 15.7 Å². The number of amides is 1. The number of aliphatic hydroxyl groups excluding tert-OH is 1. The molecule has 0 bridgehead atoms. The summed E-state index contributed by atoms with van der Waals surface area (Å²) in [6, 6.07) is 11.3.